The molecule has 168 valence electrons. The van der Waals surface area contributed by atoms with Gasteiger partial charge in [-0.3, -0.25) is 24.1 Å². The van der Waals surface area contributed by atoms with Gasteiger partial charge in [0.15, 0.2) is 0 Å². The molecular formula is C23H30BrN3O4. The Balaban J connectivity index is 1.48. The fraction of sp³-hybridized carbons (Fsp3) is 0.565. The van der Waals surface area contributed by atoms with E-state index in [9.17, 15) is 19.2 Å². The number of nitrogens with zero attached hydrogens (tertiary/aromatic N) is 2. The third kappa shape index (κ3) is 5.73. The fourth-order valence-corrected chi connectivity index (χ4v) is 4.52. The molecule has 0 radical (unpaired) electrons. The molecule has 2 aliphatic heterocycles. The molecule has 1 fully saturated rings. The van der Waals surface area contributed by atoms with E-state index in [1.54, 1.807) is 23.1 Å². The van der Waals surface area contributed by atoms with Crippen LogP contribution in [0, 0.1) is 5.92 Å². The van der Waals surface area contributed by atoms with Crippen molar-refractivity contribution in [1.82, 2.24) is 15.1 Å². The smallest absolute Gasteiger partial charge is 0.261 e. The molecule has 2 aliphatic rings. The van der Waals surface area contributed by atoms with Crippen molar-refractivity contribution in [2.75, 3.05) is 26.2 Å². The Labute approximate surface area is 191 Å². The number of amides is 4. The predicted octanol–water partition coefficient (Wildman–Crippen LogP) is 3.37. The molecule has 0 bridgehead atoms. The molecule has 3 rings (SSSR count). The summed E-state index contributed by atoms with van der Waals surface area (Å²) in [6.07, 6.45) is 6.04. The minimum absolute atomic E-state index is 0.0138. The van der Waals surface area contributed by atoms with Crippen LogP contribution in [0.1, 0.15) is 72.6 Å². The normalized spacial score (nSPS) is 18.3. The molecule has 1 aromatic carbocycles. The van der Waals surface area contributed by atoms with Crippen LogP contribution in [0.5, 0.6) is 0 Å². The van der Waals surface area contributed by atoms with Gasteiger partial charge in [0.2, 0.25) is 11.8 Å². The first-order chi connectivity index (χ1) is 14.9. The standard InChI is InChI=1S/C23H30BrN3O4/c1-2-3-4-5-11-25-21(29)16-7-6-12-26(15-16)20(28)10-13-27-22(30)18-9-8-17(24)14-19(18)23(27)31/h8-9,14,16H,2-7,10-13,15H2,1H3,(H,25,29). The zero-order valence-electron chi connectivity index (χ0n) is 18.0. The van der Waals surface area contributed by atoms with Crippen molar-refractivity contribution in [3.63, 3.8) is 0 Å². The number of imide groups is 1. The van der Waals surface area contributed by atoms with Crippen molar-refractivity contribution in [1.29, 1.82) is 0 Å². The molecule has 31 heavy (non-hydrogen) atoms. The maximum atomic E-state index is 12.7. The summed E-state index contributed by atoms with van der Waals surface area (Å²) in [5.74, 6) is -1.04. The van der Waals surface area contributed by atoms with Gasteiger partial charge >= 0.3 is 0 Å². The molecule has 7 nitrogen and oxygen atoms in total. The Morgan fingerprint density at radius 3 is 2.68 bits per heavy atom. The second-order valence-corrected chi connectivity index (χ2v) is 9.15. The second-order valence-electron chi connectivity index (χ2n) is 8.23. The van der Waals surface area contributed by atoms with E-state index in [4.69, 9.17) is 0 Å². The summed E-state index contributed by atoms with van der Waals surface area (Å²) in [5.41, 5.74) is 0.731. The van der Waals surface area contributed by atoms with Crippen LogP contribution in [-0.2, 0) is 9.59 Å². The van der Waals surface area contributed by atoms with Crippen molar-refractivity contribution in [2.45, 2.75) is 51.9 Å². The highest BCUT2D eigenvalue weighted by Gasteiger charge is 2.36. The van der Waals surface area contributed by atoms with Crippen molar-refractivity contribution in [2.24, 2.45) is 5.92 Å². The lowest BCUT2D eigenvalue weighted by molar-refractivity contribution is -0.135. The van der Waals surface area contributed by atoms with E-state index >= 15 is 0 Å². The van der Waals surface area contributed by atoms with Crippen LogP contribution in [0.15, 0.2) is 22.7 Å². The SMILES string of the molecule is CCCCCCNC(=O)C1CCCN(C(=O)CCN2C(=O)c3ccc(Br)cc3C2=O)C1. The molecule has 0 spiro atoms. The van der Waals surface area contributed by atoms with Crippen LogP contribution in [0.3, 0.4) is 0 Å². The summed E-state index contributed by atoms with van der Waals surface area (Å²) in [4.78, 5) is 53.1. The number of halogens is 1. The van der Waals surface area contributed by atoms with Gasteiger partial charge in [-0.15, -0.1) is 0 Å². The van der Waals surface area contributed by atoms with Crippen molar-refractivity contribution in [3.05, 3.63) is 33.8 Å². The van der Waals surface area contributed by atoms with E-state index in [2.05, 4.69) is 28.2 Å². The monoisotopic (exact) mass is 491 g/mol. The van der Waals surface area contributed by atoms with Crippen LogP contribution < -0.4 is 5.32 Å². The number of nitrogens with one attached hydrogen (secondary N) is 1. The van der Waals surface area contributed by atoms with E-state index in [1.807, 2.05) is 0 Å². The number of carbonyl (C=O) groups excluding carboxylic acids is 4. The van der Waals surface area contributed by atoms with Gasteiger partial charge in [0.1, 0.15) is 0 Å². The molecule has 0 aliphatic carbocycles. The Hall–Kier alpha value is -2.22. The molecule has 8 heteroatoms. The summed E-state index contributed by atoms with van der Waals surface area (Å²) in [6, 6.07) is 4.98. The van der Waals surface area contributed by atoms with Crippen molar-refractivity contribution >= 4 is 39.6 Å². The molecule has 1 saturated heterocycles. The number of benzene rings is 1. The van der Waals surface area contributed by atoms with Gasteiger partial charge in [-0.25, -0.2) is 0 Å². The van der Waals surface area contributed by atoms with Gasteiger partial charge in [0.25, 0.3) is 11.8 Å². The first-order valence-electron chi connectivity index (χ1n) is 11.1. The number of fused-ring (bicyclic) bond motifs is 1. The lowest BCUT2D eigenvalue weighted by Crippen LogP contribution is -2.46. The van der Waals surface area contributed by atoms with Gasteiger partial charge in [0, 0.05) is 37.1 Å². The number of likely N-dealkylation sites (tertiary alicyclic amines) is 1. The minimum atomic E-state index is -0.368. The molecule has 0 saturated carbocycles. The minimum Gasteiger partial charge on any atom is -0.356 e. The average Bonchev–Trinajstić information content (AvgIpc) is 3.01. The number of carbonyl (C=O) groups is 4. The van der Waals surface area contributed by atoms with E-state index in [1.165, 1.54) is 6.42 Å². The number of hydrogen-bond donors (Lipinski definition) is 1. The summed E-state index contributed by atoms with van der Waals surface area (Å²) in [5, 5.41) is 3.00. The highest BCUT2D eigenvalue weighted by Crippen LogP contribution is 2.26. The topological polar surface area (TPSA) is 86.8 Å². The molecule has 1 N–H and O–H groups in total. The summed E-state index contributed by atoms with van der Waals surface area (Å²) < 4.78 is 0.730. The summed E-state index contributed by atoms with van der Waals surface area (Å²) in [7, 11) is 0. The molecular weight excluding hydrogens is 462 g/mol. The Bertz CT molecular complexity index is 857. The zero-order valence-corrected chi connectivity index (χ0v) is 19.6. The Kier molecular flexibility index (Phi) is 8.23. The van der Waals surface area contributed by atoms with Gasteiger partial charge < -0.3 is 10.2 Å². The Morgan fingerprint density at radius 2 is 1.90 bits per heavy atom. The zero-order chi connectivity index (χ0) is 22.4. The highest BCUT2D eigenvalue weighted by molar-refractivity contribution is 9.10. The fourth-order valence-electron chi connectivity index (χ4n) is 4.16. The van der Waals surface area contributed by atoms with Crippen LogP contribution in [0.4, 0.5) is 0 Å². The predicted molar refractivity (Wildman–Crippen MR) is 121 cm³/mol. The Morgan fingerprint density at radius 1 is 1.13 bits per heavy atom. The van der Waals surface area contributed by atoms with Gasteiger partial charge in [-0.1, -0.05) is 42.1 Å². The highest BCUT2D eigenvalue weighted by atomic mass is 79.9. The number of hydrogen-bond acceptors (Lipinski definition) is 4. The number of piperidine rings is 1. The van der Waals surface area contributed by atoms with E-state index < -0.39 is 0 Å². The number of rotatable bonds is 9. The van der Waals surface area contributed by atoms with Gasteiger partial charge in [-0.05, 0) is 37.5 Å². The summed E-state index contributed by atoms with van der Waals surface area (Å²) >= 11 is 3.31. The van der Waals surface area contributed by atoms with E-state index in [0.29, 0.717) is 30.8 Å². The quantitative estimate of drug-likeness (QED) is 0.423. The third-order valence-electron chi connectivity index (χ3n) is 5.96. The average molecular weight is 492 g/mol. The van der Waals surface area contributed by atoms with Gasteiger partial charge in [0.05, 0.1) is 17.0 Å². The number of unbranched alkanes of at least 4 members (excludes halogenated alkanes) is 3. The van der Waals surface area contributed by atoms with Crippen LogP contribution in [-0.4, -0.2) is 59.6 Å². The van der Waals surface area contributed by atoms with Crippen LogP contribution >= 0.6 is 15.9 Å². The summed E-state index contributed by atoms with van der Waals surface area (Å²) in [6.45, 7) is 3.88. The lowest BCUT2D eigenvalue weighted by Gasteiger charge is -2.32. The second kappa shape index (κ2) is 10.9. The maximum absolute atomic E-state index is 12.7. The molecule has 1 atom stereocenters. The van der Waals surface area contributed by atoms with Crippen molar-refractivity contribution in [3.8, 4) is 0 Å². The van der Waals surface area contributed by atoms with Crippen molar-refractivity contribution < 1.29 is 19.2 Å². The van der Waals surface area contributed by atoms with Crippen LogP contribution in [0.2, 0.25) is 0 Å². The van der Waals surface area contributed by atoms with E-state index in [0.717, 1.165) is 41.5 Å². The first kappa shape index (κ1) is 23.4. The largest absolute Gasteiger partial charge is 0.356 e. The molecule has 1 aromatic rings. The molecule has 1 unspecified atom stereocenters. The van der Waals surface area contributed by atoms with Gasteiger partial charge in [-0.2, -0.15) is 0 Å². The molecule has 0 aromatic heterocycles. The lowest BCUT2D eigenvalue weighted by atomic mass is 9.96. The van der Waals surface area contributed by atoms with Crippen LogP contribution in [0.25, 0.3) is 0 Å². The van der Waals surface area contributed by atoms with E-state index in [-0.39, 0.29) is 42.5 Å². The third-order valence-corrected chi connectivity index (χ3v) is 6.45. The maximum Gasteiger partial charge on any atom is 0.261 e. The molecule has 4 amide bonds. The molecule has 2 heterocycles. The first-order valence-corrected chi connectivity index (χ1v) is 11.9.